The lowest BCUT2D eigenvalue weighted by molar-refractivity contribution is 0.628. The number of benzene rings is 2. The van der Waals surface area contributed by atoms with E-state index in [9.17, 15) is 4.39 Å². The van der Waals surface area contributed by atoms with E-state index < -0.39 is 0 Å². The lowest BCUT2D eigenvalue weighted by atomic mass is 10.1. The number of aromatic nitrogens is 2. The quantitative estimate of drug-likeness (QED) is 0.719. The molecule has 0 radical (unpaired) electrons. The summed E-state index contributed by atoms with van der Waals surface area (Å²) < 4.78 is 12.9. The van der Waals surface area contributed by atoms with Crippen LogP contribution in [0.25, 0.3) is 0 Å². The largest absolute Gasteiger partial charge is 0.340 e. The van der Waals surface area contributed by atoms with Gasteiger partial charge in [-0.15, -0.1) is 0 Å². The molecule has 1 heterocycles. The number of hydrogen-bond donors (Lipinski definition) is 2. The normalized spacial score (nSPS) is 10.3. The van der Waals surface area contributed by atoms with Gasteiger partial charge >= 0.3 is 0 Å². The van der Waals surface area contributed by atoms with Gasteiger partial charge in [0, 0.05) is 17.4 Å². The van der Waals surface area contributed by atoms with E-state index in [-0.39, 0.29) is 5.82 Å². The van der Waals surface area contributed by atoms with Crippen LogP contribution in [0.15, 0.2) is 60.9 Å². The second kappa shape index (κ2) is 6.87. The van der Waals surface area contributed by atoms with E-state index in [1.807, 2.05) is 12.1 Å². The molecule has 0 unspecified atom stereocenters. The molecule has 3 rings (SSSR count). The van der Waals surface area contributed by atoms with Crippen molar-refractivity contribution in [1.82, 2.24) is 9.97 Å². The van der Waals surface area contributed by atoms with Crippen molar-refractivity contribution in [2.75, 3.05) is 10.6 Å². The molecule has 116 valence electrons. The maximum absolute atomic E-state index is 12.9. The summed E-state index contributed by atoms with van der Waals surface area (Å²) in [5, 5.41) is 6.36. The third kappa shape index (κ3) is 4.03. The van der Waals surface area contributed by atoms with Crippen molar-refractivity contribution in [3.05, 3.63) is 72.3 Å². The van der Waals surface area contributed by atoms with Crippen LogP contribution in [-0.4, -0.2) is 9.97 Å². The van der Waals surface area contributed by atoms with Crippen LogP contribution < -0.4 is 10.6 Å². The monoisotopic (exact) mass is 308 g/mol. The molecule has 5 heteroatoms. The van der Waals surface area contributed by atoms with Gasteiger partial charge in [0.05, 0.1) is 0 Å². The fraction of sp³-hybridized carbons (Fsp3) is 0.111. The standard InChI is InChI=1S/C18H17FN4/c1-2-13-3-7-15(8-4-13)22-17-11-18(21-12-20-17)23-16-9-5-14(19)6-10-16/h3-12H,2H2,1H3,(H2,20,21,22,23). The molecule has 1 aromatic heterocycles. The number of hydrogen-bond acceptors (Lipinski definition) is 4. The van der Waals surface area contributed by atoms with Gasteiger partial charge in [-0.1, -0.05) is 19.1 Å². The van der Waals surface area contributed by atoms with Gasteiger partial charge in [0.1, 0.15) is 23.8 Å². The molecule has 0 atom stereocenters. The fourth-order valence-corrected chi connectivity index (χ4v) is 2.15. The van der Waals surface area contributed by atoms with Crippen molar-refractivity contribution in [3.63, 3.8) is 0 Å². The minimum absolute atomic E-state index is 0.267. The van der Waals surface area contributed by atoms with Crippen LogP contribution in [0, 0.1) is 5.82 Å². The van der Waals surface area contributed by atoms with E-state index in [4.69, 9.17) is 0 Å². The average Bonchev–Trinajstić information content (AvgIpc) is 2.58. The third-order valence-electron chi connectivity index (χ3n) is 3.42. The van der Waals surface area contributed by atoms with E-state index in [0.717, 1.165) is 17.8 Å². The summed E-state index contributed by atoms with van der Waals surface area (Å²) in [4.78, 5) is 8.38. The number of rotatable bonds is 5. The Kier molecular flexibility index (Phi) is 4.47. The number of nitrogens with one attached hydrogen (secondary N) is 2. The minimum atomic E-state index is -0.267. The molecule has 3 aromatic rings. The third-order valence-corrected chi connectivity index (χ3v) is 3.42. The maximum Gasteiger partial charge on any atom is 0.135 e. The zero-order valence-electron chi connectivity index (χ0n) is 12.8. The minimum Gasteiger partial charge on any atom is -0.340 e. The van der Waals surface area contributed by atoms with Crippen molar-refractivity contribution in [2.45, 2.75) is 13.3 Å². The molecule has 0 aliphatic heterocycles. The molecule has 0 saturated heterocycles. The van der Waals surface area contributed by atoms with Gasteiger partial charge in [0.15, 0.2) is 0 Å². The SMILES string of the molecule is CCc1ccc(Nc2cc(Nc3ccc(F)cc3)ncn2)cc1. The van der Waals surface area contributed by atoms with Crippen LogP contribution in [-0.2, 0) is 6.42 Å². The Labute approximate surface area is 134 Å². The highest BCUT2D eigenvalue weighted by molar-refractivity contribution is 5.62. The Morgan fingerprint density at radius 1 is 0.826 bits per heavy atom. The van der Waals surface area contributed by atoms with E-state index in [1.54, 1.807) is 18.2 Å². The smallest absolute Gasteiger partial charge is 0.135 e. The topological polar surface area (TPSA) is 49.8 Å². The predicted molar refractivity (Wildman–Crippen MR) is 90.8 cm³/mol. The van der Waals surface area contributed by atoms with E-state index in [1.165, 1.54) is 24.0 Å². The molecule has 0 saturated carbocycles. The van der Waals surface area contributed by atoms with Crippen molar-refractivity contribution < 1.29 is 4.39 Å². The first-order valence-corrected chi connectivity index (χ1v) is 7.43. The number of halogens is 1. The number of aryl methyl sites for hydroxylation is 1. The first-order valence-electron chi connectivity index (χ1n) is 7.43. The molecule has 2 aromatic carbocycles. The highest BCUT2D eigenvalue weighted by Crippen LogP contribution is 2.19. The number of anilines is 4. The predicted octanol–water partition coefficient (Wildman–Crippen LogP) is 4.67. The van der Waals surface area contributed by atoms with E-state index in [2.05, 4.69) is 39.7 Å². The highest BCUT2D eigenvalue weighted by Gasteiger charge is 2.01. The van der Waals surface area contributed by atoms with Crippen LogP contribution in [0.3, 0.4) is 0 Å². The van der Waals surface area contributed by atoms with Crippen LogP contribution >= 0.6 is 0 Å². The van der Waals surface area contributed by atoms with Gasteiger partial charge in [-0.05, 0) is 48.4 Å². The first-order chi connectivity index (χ1) is 11.2. The summed E-state index contributed by atoms with van der Waals surface area (Å²) in [6.45, 7) is 2.13. The Morgan fingerprint density at radius 2 is 1.35 bits per heavy atom. The summed E-state index contributed by atoms with van der Waals surface area (Å²) in [5.74, 6) is 1.06. The Bertz CT molecular complexity index is 770. The number of nitrogens with zero attached hydrogens (tertiary/aromatic N) is 2. The van der Waals surface area contributed by atoms with E-state index >= 15 is 0 Å². The molecular weight excluding hydrogens is 291 g/mol. The molecular formula is C18H17FN4. The van der Waals surface area contributed by atoms with Crippen molar-refractivity contribution in [1.29, 1.82) is 0 Å². The summed E-state index contributed by atoms with van der Waals surface area (Å²) in [6.07, 6.45) is 2.49. The summed E-state index contributed by atoms with van der Waals surface area (Å²) in [7, 11) is 0. The van der Waals surface area contributed by atoms with Crippen LogP contribution in [0.4, 0.5) is 27.4 Å². The van der Waals surface area contributed by atoms with Crippen molar-refractivity contribution >= 4 is 23.0 Å². The second-order valence-electron chi connectivity index (χ2n) is 5.10. The van der Waals surface area contributed by atoms with Gasteiger partial charge in [0.25, 0.3) is 0 Å². The molecule has 4 nitrogen and oxygen atoms in total. The van der Waals surface area contributed by atoms with Crippen molar-refractivity contribution in [2.24, 2.45) is 0 Å². The van der Waals surface area contributed by atoms with E-state index in [0.29, 0.717) is 11.6 Å². The average molecular weight is 308 g/mol. The van der Waals surface area contributed by atoms with Crippen LogP contribution in [0.5, 0.6) is 0 Å². The van der Waals surface area contributed by atoms with Crippen LogP contribution in [0.2, 0.25) is 0 Å². The van der Waals surface area contributed by atoms with Crippen molar-refractivity contribution in [3.8, 4) is 0 Å². The Hall–Kier alpha value is -2.95. The molecule has 0 fully saturated rings. The molecule has 0 aliphatic carbocycles. The van der Waals surface area contributed by atoms with Gasteiger partial charge in [0.2, 0.25) is 0 Å². The summed E-state index contributed by atoms with van der Waals surface area (Å²) in [5.41, 5.74) is 3.02. The molecule has 0 spiro atoms. The molecule has 0 bridgehead atoms. The molecule has 0 aliphatic rings. The molecule has 0 amide bonds. The summed E-state index contributed by atoms with van der Waals surface area (Å²) in [6, 6.07) is 16.1. The fourth-order valence-electron chi connectivity index (χ4n) is 2.15. The summed E-state index contributed by atoms with van der Waals surface area (Å²) >= 11 is 0. The van der Waals surface area contributed by atoms with Gasteiger partial charge in [-0.3, -0.25) is 0 Å². The lowest BCUT2D eigenvalue weighted by Gasteiger charge is -2.09. The van der Waals surface area contributed by atoms with Crippen LogP contribution in [0.1, 0.15) is 12.5 Å². The Balaban J connectivity index is 1.72. The molecule has 2 N–H and O–H groups in total. The highest BCUT2D eigenvalue weighted by atomic mass is 19.1. The zero-order valence-corrected chi connectivity index (χ0v) is 12.8. The maximum atomic E-state index is 12.9. The van der Waals surface area contributed by atoms with Gasteiger partial charge in [-0.2, -0.15) is 0 Å². The second-order valence-corrected chi connectivity index (χ2v) is 5.10. The lowest BCUT2D eigenvalue weighted by Crippen LogP contribution is -1.98. The van der Waals surface area contributed by atoms with Gasteiger partial charge < -0.3 is 10.6 Å². The molecule has 23 heavy (non-hydrogen) atoms. The Morgan fingerprint density at radius 3 is 1.87 bits per heavy atom. The first kappa shape index (κ1) is 15.0. The van der Waals surface area contributed by atoms with Gasteiger partial charge in [-0.25, -0.2) is 14.4 Å². The zero-order chi connectivity index (χ0) is 16.1.